The summed E-state index contributed by atoms with van der Waals surface area (Å²) in [7, 11) is 1.46. The molecule has 0 saturated carbocycles. The smallest absolute Gasteiger partial charge is 0.299 e. The number of ether oxygens (including phenoxy) is 1. The van der Waals surface area contributed by atoms with Crippen molar-refractivity contribution in [1.29, 1.82) is 0 Å². The van der Waals surface area contributed by atoms with Crippen LogP contribution in [0.5, 0.6) is 0 Å². The summed E-state index contributed by atoms with van der Waals surface area (Å²) in [5.74, 6) is -2.80. The van der Waals surface area contributed by atoms with Crippen molar-refractivity contribution in [3.63, 3.8) is 0 Å². The van der Waals surface area contributed by atoms with Gasteiger partial charge in [-0.3, -0.25) is 4.79 Å². The van der Waals surface area contributed by atoms with Gasteiger partial charge in [0.05, 0.1) is 11.8 Å². The van der Waals surface area contributed by atoms with Gasteiger partial charge < -0.3 is 10.5 Å². The first-order chi connectivity index (χ1) is 10.9. The first-order valence-electron chi connectivity index (χ1n) is 6.78. The molecule has 7 heteroatoms. The van der Waals surface area contributed by atoms with E-state index in [1.54, 1.807) is 13.0 Å². The number of ketones is 1. The Labute approximate surface area is 130 Å². The molecule has 1 aromatic rings. The van der Waals surface area contributed by atoms with Crippen molar-refractivity contribution in [2.45, 2.75) is 13.1 Å². The number of carbonyl (C=O) groups is 1. The molecule has 0 bridgehead atoms. The van der Waals surface area contributed by atoms with Crippen LogP contribution in [0.2, 0.25) is 0 Å². The molecule has 23 heavy (non-hydrogen) atoms. The van der Waals surface area contributed by atoms with Crippen LogP contribution in [-0.2, 0) is 4.74 Å². The van der Waals surface area contributed by atoms with E-state index in [0.29, 0.717) is 16.9 Å². The maximum absolute atomic E-state index is 14.0. The highest BCUT2D eigenvalue weighted by molar-refractivity contribution is 6.51. The second-order valence-corrected chi connectivity index (χ2v) is 5.12. The van der Waals surface area contributed by atoms with Gasteiger partial charge in [0.25, 0.3) is 23.9 Å². The number of aliphatic imine (C=N–C) groups is 1. The summed E-state index contributed by atoms with van der Waals surface area (Å²) in [4.78, 5) is 19.5. The van der Waals surface area contributed by atoms with Crippen molar-refractivity contribution in [3.05, 3.63) is 52.8 Å². The second-order valence-electron chi connectivity index (χ2n) is 5.12. The third kappa shape index (κ3) is 2.31. The SMILES string of the molecule is CO[C+]=C(C)C1=NC2[NH+]=C(C(=O)c3c(F)ccc(N)c3F)C2=C1. The predicted molar refractivity (Wildman–Crippen MR) is 79.8 cm³/mol. The number of Topliss-reactive ketones (excluding diaryl/α,β-unsaturated/α-hetero) is 1. The fraction of sp³-hybridized carbons (Fsp3) is 0.188. The van der Waals surface area contributed by atoms with Gasteiger partial charge in [0.2, 0.25) is 11.3 Å². The van der Waals surface area contributed by atoms with Gasteiger partial charge in [0, 0.05) is 6.92 Å². The largest absolute Gasteiger partial charge is 0.396 e. The molecule has 0 spiro atoms. The van der Waals surface area contributed by atoms with Crippen molar-refractivity contribution >= 4 is 22.9 Å². The summed E-state index contributed by atoms with van der Waals surface area (Å²) in [5, 5.41) is 0. The minimum atomic E-state index is -1.06. The van der Waals surface area contributed by atoms with Gasteiger partial charge in [-0.1, -0.05) is 0 Å². The molecule has 0 saturated heterocycles. The molecule has 0 radical (unpaired) electrons. The van der Waals surface area contributed by atoms with E-state index in [2.05, 4.69) is 16.2 Å². The first-order valence-corrected chi connectivity index (χ1v) is 6.78. The lowest BCUT2D eigenvalue weighted by Gasteiger charge is -2.12. The summed E-state index contributed by atoms with van der Waals surface area (Å²) >= 11 is 0. The summed E-state index contributed by atoms with van der Waals surface area (Å²) in [5.41, 5.74) is 6.39. The number of halogens is 2. The van der Waals surface area contributed by atoms with E-state index in [-0.39, 0.29) is 11.4 Å². The summed E-state index contributed by atoms with van der Waals surface area (Å²) in [6, 6.07) is 2.04. The molecule has 1 aromatic carbocycles. The molecule has 3 N–H and O–H groups in total. The number of hydrogen-bond donors (Lipinski definition) is 2. The number of anilines is 1. The van der Waals surface area contributed by atoms with Crippen LogP contribution in [0.3, 0.4) is 0 Å². The lowest BCUT2D eigenvalue weighted by atomic mass is 9.93. The number of methoxy groups -OCH3 is 1. The number of nitrogen functional groups attached to an aromatic ring is 1. The van der Waals surface area contributed by atoms with Crippen molar-refractivity contribution in [2.24, 2.45) is 4.99 Å². The van der Waals surface area contributed by atoms with E-state index in [4.69, 9.17) is 10.5 Å². The zero-order chi connectivity index (χ0) is 16.7. The minimum absolute atomic E-state index is 0.113. The highest BCUT2D eigenvalue weighted by Crippen LogP contribution is 2.24. The number of allylic oxidation sites excluding steroid dienone is 2. The maximum atomic E-state index is 14.0. The van der Waals surface area contributed by atoms with Crippen molar-refractivity contribution < 1.29 is 23.3 Å². The number of nitrogens with one attached hydrogen (secondary N) is 1. The molecule has 1 unspecified atom stereocenters. The molecule has 2 aliphatic rings. The number of nitrogens with two attached hydrogens (primary N) is 1. The third-order valence-electron chi connectivity index (χ3n) is 3.64. The van der Waals surface area contributed by atoms with Crippen LogP contribution in [0.1, 0.15) is 17.3 Å². The average molecular weight is 317 g/mol. The summed E-state index contributed by atoms with van der Waals surface area (Å²) in [6.45, 7) is 1.75. The third-order valence-corrected chi connectivity index (χ3v) is 3.64. The van der Waals surface area contributed by atoms with Gasteiger partial charge in [0.15, 0.2) is 5.82 Å². The van der Waals surface area contributed by atoms with Crippen LogP contribution in [0.25, 0.3) is 0 Å². The van der Waals surface area contributed by atoms with Crippen LogP contribution in [-0.4, -0.2) is 30.5 Å². The number of hydrogen-bond acceptors (Lipinski definition) is 4. The fourth-order valence-electron chi connectivity index (χ4n) is 2.44. The molecule has 3 rings (SSSR count). The zero-order valence-electron chi connectivity index (χ0n) is 12.4. The van der Waals surface area contributed by atoms with E-state index in [1.165, 1.54) is 7.11 Å². The molecule has 0 aromatic heterocycles. The predicted octanol–water partition coefficient (Wildman–Crippen LogP) is 0.325. The Kier molecular flexibility index (Phi) is 3.50. The van der Waals surface area contributed by atoms with E-state index in [1.807, 2.05) is 0 Å². The summed E-state index contributed by atoms with van der Waals surface area (Å²) < 4.78 is 32.6. The molecular weight excluding hydrogens is 304 g/mol. The quantitative estimate of drug-likeness (QED) is 0.363. The lowest BCUT2D eigenvalue weighted by molar-refractivity contribution is -0.508. The highest BCUT2D eigenvalue weighted by atomic mass is 19.1. The van der Waals surface area contributed by atoms with Crippen LogP contribution in [0.4, 0.5) is 14.5 Å². The minimum Gasteiger partial charge on any atom is -0.396 e. The Balaban J connectivity index is 1.92. The van der Waals surface area contributed by atoms with E-state index in [9.17, 15) is 13.6 Å². The molecule has 0 amide bonds. The molecule has 0 fully saturated rings. The van der Waals surface area contributed by atoms with E-state index in [0.717, 1.165) is 12.1 Å². The van der Waals surface area contributed by atoms with Crippen molar-refractivity contribution in [2.75, 3.05) is 12.8 Å². The zero-order valence-corrected chi connectivity index (χ0v) is 12.4. The van der Waals surface area contributed by atoms with Crippen LogP contribution >= 0.6 is 0 Å². The van der Waals surface area contributed by atoms with Crippen LogP contribution in [0, 0.1) is 17.9 Å². The molecule has 2 aliphatic heterocycles. The lowest BCUT2D eigenvalue weighted by Crippen LogP contribution is -2.89. The highest BCUT2D eigenvalue weighted by Gasteiger charge is 2.49. The Morgan fingerprint density at radius 1 is 1.43 bits per heavy atom. The Morgan fingerprint density at radius 2 is 2.17 bits per heavy atom. The number of rotatable bonds is 4. The van der Waals surface area contributed by atoms with E-state index >= 15 is 0 Å². The fourth-order valence-corrected chi connectivity index (χ4v) is 2.44. The molecule has 0 aliphatic carbocycles. The monoisotopic (exact) mass is 317 g/mol. The molecule has 116 valence electrons. The Morgan fingerprint density at radius 3 is 2.87 bits per heavy atom. The number of carbonyl (C=O) groups excluding carboxylic acids is 1. The number of benzene rings is 1. The van der Waals surface area contributed by atoms with Crippen molar-refractivity contribution in [1.82, 2.24) is 0 Å². The van der Waals surface area contributed by atoms with Gasteiger partial charge in [-0.2, -0.15) is 0 Å². The number of fused-ring (bicyclic) bond motifs is 1. The van der Waals surface area contributed by atoms with Crippen molar-refractivity contribution in [3.8, 4) is 0 Å². The first kappa shape index (κ1) is 15.0. The summed E-state index contributed by atoms with van der Waals surface area (Å²) in [6.07, 6.45) is 3.91. The van der Waals surface area contributed by atoms with Crippen LogP contribution < -0.4 is 10.7 Å². The molecule has 2 heterocycles. The topological polar surface area (TPSA) is 78.7 Å². The van der Waals surface area contributed by atoms with Gasteiger partial charge >= 0.3 is 0 Å². The van der Waals surface area contributed by atoms with Gasteiger partial charge in [-0.05, 0) is 12.1 Å². The molecule has 1 atom stereocenters. The van der Waals surface area contributed by atoms with Gasteiger partial charge in [-0.25, -0.2) is 13.8 Å². The molecular formula is C16H13F2N3O2+2. The van der Waals surface area contributed by atoms with Gasteiger partial charge in [-0.15, -0.1) is 4.99 Å². The average Bonchev–Trinajstić information content (AvgIpc) is 2.81. The van der Waals surface area contributed by atoms with Gasteiger partial charge in [0.1, 0.15) is 24.1 Å². The molecule has 5 nitrogen and oxygen atoms in total. The van der Waals surface area contributed by atoms with E-state index < -0.39 is 29.1 Å². The Hall–Kier alpha value is -2.92. The van der Waals surface area contributed by atoms with Crippen LogP contribution in [0.15, 0.2) is 34.3 Å². The second kappa shape index (κ2) is 5.37. The standard InChI is InChI=1S/C16H12F2N3O2/c1-7(6-23-2)11-5-8-14(21-16(8)20-11)15(22)12-9(17)3-4-10(19)13(12)18/h3-5,16H,19H2,1-2H3/q+1/p+1. The Bertz CT molecular complexity index is 838. The normalized spacial score (nSPS) is 19.0. The number of nitrogens with zero attached hydrogens (tertiary/aromatic N) is 1. The maximum Gasteiger partial charge on any atom is 0.299 e.